The Morgan fingerprint density at radius 3 is 2.88 bits per heavy atom. The maximum Gasteiger partial charge on any atom is 0.229 e. The minimum atomic E-state index is 0.0471. The van der Waals surface area contributed by atoms with Gasteiger partial charge in [0.2, 0.25) is 5.91 Å². The number of anilines is 1. The van der Waals surface area contributed by atoms with Crippen LogP contribution in [-0.4, -0.2) is 17.5 Å². The minimum absolute atomic E-state index is 0.0471. The second-order valence-electron chi connectivity index (χ2n) is 5.34. The summed E-state index contributed by atoms with van der Waals surface area (Å²) in [5.41, 5.74) is 0.799. The number of thiazole rings is 1. The zero-order valence-electron chi connectivity index (χ0n) is 13.8. The summed E-state index contributed by atoms with van der Waals surface area (Å²) >= 11 is 1.49. The van der Waals surface area contributed by atoms with E-state index >= 15 is 0 Å². The lowest BCUT2D eigenvalue weighted by molar-refractivity contribution is -0.118. The zero-order valence-corrected chi connectivity index (χ0v) is 14.6. The zero-order chi connectivity index (χ0) is 16.9. The van der Waals surface area contributed by atoms with Crippen molar-refractivity contribution >= 4 is 32.6 Å². The Hall–Kier alpha value is -2.34. The topological polar surface area (TPSA) is 55.6 Å². The van der Waals surface area contributed by atoms with Crippen molar-refractivity contribution in [2.45, 2.75) is 33.2 Å². The van der Waals surface area contributed by atoms with Gasteiger partial charge in [0.15, 0.2) is 5.13 Å². The third kappa shape index (κ3) is 3.43. The van der Waals surface area contributed by atoms with Crippen LogP contribution in [0.1, 0.15) is 32.4 Å². The fourth-order valence-corrected chi connectivity index (χ4v) is 3.47. The summed E-state index contributed by atoms with van der Waals surface area (Å²) in [5, 5.41) is 0.673. The van der Waals surface area contributed by atoms with Gasteiger partial charge in [-0.15, -0.1) is 0 Å². The van der Waals surface area contributed by atoms with Crippen LogP contribution in [-0.2, 0) is 11.3 Å². The molecule has 6 heteroatoms. The van der Waals surface area contributed by atoms with Crippen LogP contribution in [0.3, 0.4) is 0 Å². The number of benzene rings is 1. The first-order valence-electron chi connectivity index (χ1n) is 8.08. The van der Waals surface area contributed by atoms with Crippen LogP contribution < -0.4 is 9.64 Å². The lowest BCUT2D eigenvalue weighted by Crippen LogP contribution is -2.29. The van der Waals surface area contributed by atoms with Crippen molar-refractivity contribution in [2.24, 2.45) is 0 Å². The van der Waals surface area contributed by atoms with Gasteiger partial charge in [0.1, 0.15) is 17.0 Å². The molecule has 0 radical (unpaired) electrons. The first kappa shape index (κ1) is 16.5. The number of carbonyl (C=O) groups is 1. The number of fused-ring (bicyclic) bond motifs is 1. The van der Waals surface area contributed by atoms with Gasteiger partial charge in [-0.3, -0.25) is 9.69 Å². The van der Waals surface area contributed by atoms with Crippen molar-refractivity contribution in [1.29, 1.82) is 0 Å². The minimum Gasteiger partial charge on any atom is -0.492 e. The maximum absolute atomic E-state index is 12.6. The van der Waals surface area contributed by atoms with Gasteiger partial charge >= 0.3 is 0 Å². The molecule has 0 aliphatic heterocycles. The number of rotatable bonds is 7. The molecule has 0 bridgehead atoms. The molecule has 24 heavy (non-hydrogen) atoms. The summed E-state index contributed by atoms with van der Waals surface area (Å²) < 4.78 is 12.1. The molecular formula is C18H20N2O3S. The molecule has 0 atom stereocenters. The Morgan fingerprint density at radius 2 is 2.17 bits per heavy atom. The summed E-state index contributed by atoms with van der Waals surface area (Å²) in [5.74, 6) is 1.54. The van der Waals surface area contributed by atoms with Gasteiger partial charge in [-0.1, -0.05) is 24.3 Å². The average Bonchev–Trinajstić information content (AvgIpc) is 3.22. The summed E-state index contributed by atoms with van der Waals surface area (Å²) in [6, 6.07) is 9.53. The molecule has 0 N–H and O–H groups in total. The normalized spacial score (nSPS) is 10.9. The van der Waals surface area contributed by atoms with Gasteiger partial charge < -0.3 is 9.15 Å². The number of hydrogen-bond donors (Lipinski definition) is 0. The highest BCUT2D eigenvalue weighted by atomic mass is 32.1. The standard InChI is InChI=1S/C18H20N2O3S/c1-3-7-16(21)20(12-13-8-6-11-23-13)18-19-17-14(22-4-2)9-5-10-15(17)24-18/h5-6,8-11H,3-4,7,12H2,1-2H3. The van der Waals surface area contributed by atoms with E-state index in [0.29, 0.717) is 24.7 Å². The molecule has 2 heterocycles. The molecule has 0 aliphatic carbocycles. The van der Waals surface area contributed by atoms with Gasteiger partial charge in [0, 0.05) is 6.42 Å². The molecule has 1 amide bonds. The molecule has 126 valence electrons. The van der Waals surface area contributed by atoms with Crippen LogP contribution in [0.2, 0.25) is 0 Å². The highest BCUT2D eigenvalue weighted by molar-refractivity contribution is 7.22. The van der Waals surface area contributed by atoms with Crippen LogP contribution in [0.15, 0.2) is 41.0 Å². The van der Waals surface area contributed by atoms with E-state index in [9.17, 15) is 4.79 Å². The van der Waals surface area contributed by atoms with Gasteiger partial charge in [-0.2, -0.15) is 0 Å². The van der Waals surface area contributed by atoms with Crippen LogP contribution in [0.5, 0.6) is 5.75 Å². The van der Waals surface area contributed by atoms with E-state index in [1.165, 1.54) is 11.3 Å². The second-order valence-corrected chi connectivity index (χ2v) is 6.35. The van der Waals surface area contributed by atoms with Crippen molar-refractivity contribution in [1.82, 2.24) is 4.98 Å². The molecule has 2 aromatic heterocycles. The smallest absolute Gasteiger partial charge is 0.229 e. The fraction of sp³-hybridized carbons (Fsp3) is 0.333. The lowest BCUT2D eigenvalue weighted by Gasteiger charge is -2.18. The quantitative estimate of drug-likeness (QED) is 0.627. The highest BCUT2D eigenvalue weighted by Crippen LogP contribution is 2.35. The van der Waals surface area contributed by atoms with E-state index in [-0.39, 0.29) is 5.91 Å². The van der Waals surface area contributed by atoms with Gasteiger partial charge in [-0.25, -0.2) is 4.98 Å². The van der Waals surface area contributed by atoms with E-state index in [1.54, 1.807) is 11.2 Å². The molecule has 0 saturated heterocycles. The average molecular weight is 344 g/mol. The molecule has 0 spiro atoms. The predicted octanol–water partition coefficient (Wildman–Crippen LogP) is 4.62. The number of furan rings is 1. The number of carbonyl (C=O) groups excluding carboxylic acids is 1. The largest absolute Gasteiger partial charge is 0.492 e. The Bertz CT molecular complexity index is 811. The fourth-order valence-electron chi connectivity index (χ4n) is 2.47. The lowest BCUT2D eigenvalue weighted by atomic mass is 10.3. The molecule has 5 nitrogen and oxygen atoms in total. The molecule has 1 aromatic carbocycles. The molecule has 0 saturated carbocycles. The Morgan fingerprint density at radius 1 is 1.29 bits per heavy atom. The first-order chi connectivity index (χ1) is 11.7. The Balaban J connectivity index is 1.98. The van der Waals surface area contributed by atoms with E-state index < -0.39 is 0 Å². The molecular weight excluding hydrogens is 324 g/mol. The van der Waals surface area contributed by atoms with Crippen LogP contribution in [0.25, 0.3) is 10.2 Å². The monoisotopic (exact) mass is 344 g/mol. The number of para-hydroxylation sites is 1. The number of aromatic nitrogens is 1. The summed E-state index contributed by atoms with van der Waals surface area (Å²) in [4.78, 5) is 18.9. The molecule has 3 aromatic rings. The Labute approximate surface area is 144 Å². The maximum atomic E-state index is 12.6. The SMILES string of the molecule is CCCC(=O)N(Cc1ccco1)c1nc2c(OCC)cccc2s1. The van der Waals surface area contributed by atoms with E-state index in [4.69, 9.17) is 9.15 Å². The van der Waals surface area contributed by atoms with E-state index in [0.717, 1.165) is 28.1 Å². The van der Waals surface area contributed by atoms with Crippen molar-refractivity contribution in [3.05, 3.63) is 42.4 Å². The number of ether oxygens (including phenoxy) is 1. The number of amides is 1. The van der Waals surface area contributed by atoms with Crippen molar-refractivity contribution in [3.63, 3.8) is 0 Å². The summed E-state index contributed by atoms with van der Waals surface area (Å²) in [6.07, 6.45) is 2.89. The van der Waals surface area contributed by atoms with Crippen LogP contribution in [0, 0.1) is 0 Å². The predicted molar refractivity (Wildman–Crippen MR) is 95.6 cm³/mol. The third-order valence-corrected chi connectivity index (χ3v) is 4.60. The van der Waals surface area contributed by atoms with Gasteiger partial charge in [-0.05, 0) is 37.6 Å². The molecule has 0 unspecified atom stereocenters. The summed E-state index contributed by atoms with van der Waals surface area (Å²) in [6.45, 7) is 4.90. The number of nitrogens with zero attached hydrogens (tertiary/aromatic N) is 2. The first-order valence-corrected chi connectivity index (χ1v) is 8.89. The second kappa shape index (κ2) is 7.49. The van der Waals surface area contributed by atoms with Crippen LogP contribution >= 0.6 is 11.3 Å². The van der Waals surface area contributed by atoms with Crippen molar-refractivity contribution in [2.75, 3.05) is 11.5 Å². The highest BCUT2D eigenvalue weighted by Gasteiger charge is 2.21. The van der Waals surface area contributed by atoms with E-state index in [1.807, 2.05) is 44.2 Å². The molecule has 0 aliphatic rings. The van der Waals surface area contributed by atoms with Gasteiger partial charge in [0.25, 0.3) is 0 Å². The van der Waals surface area contributed by atoms with Gasteiger partial charge in [0.05, 0.1) is 24.1 Å². The molecule has 0 fully saturated rings. The Kier molecular flexibility index (Phi) is 5.15. The van der Waals surface area contributed by atoms with E-state index in [2.05, 4.69) is 4.98 Å². The van der Waals surface area contributed by atoms with Crippen LogP contribution in [0.4, 0.5) is 5.13 Å². The van der Waals surface area contributed by atoms with Crippen molar-refractivity contribution < 1.29 is 13.9 Å². The third-order valence-electron chi connectivity index (χ3n) is 3.56. The summed E-state index contributed by atoms with van der Waals surface area (Å²) in [7, 11) is 0. The van der Waals surface area contributed by atoms with Crippen molar-refractivity contribution in [3.8, 4) is 5.75 Å². The number of hydrogen-bond acceptors (Lipinski definition) is 5. The molecule has 3 rings (SSSR count).